The minimum absolute atomic E-state index is 0.166. The van der Waals surface area contributed by atoms with Crippen LogP contribution in [0.15, 0.2) is 28.7 Å². The number of esters is 1. The molecule has 1 rings (SSSR count). The van der Waals surface area contributed by atoms with Crippen molar-refractivity contribution in [1.82, 2.24) is 0 Å². The molecule has 0 saturated carbocycles. The Morgan fingerprint density at radius 2 is 2.07 bits per heavy atom. The van der Waals surface area contributed by atoms with Crippen LogP contribution in [0.4, 0.5) is 0 Å². The van der Waals surface area contributed by atoms with Crippen molar-refractivity contribution in [3.63, 3.8) is 0 Å². The van der Waals surface area contributed by atoms with E-state index in [-0.39, 0.29) is 6.61 Å². The van der Waals surface area contributed by atoms with Crippen molar-refractivity contribution >= 4 is 21.9 Å². The van der Waals surface area contributed by atoms with Gasteiger partial charge in [-0.2, -0.15) is 0 Å². The SMILES string of the molecule is N[C@@H](CO)C(=O)OCc1ccc(Br)cc1. The number of benzene rings is 1. The average molecular weight is 274 g/mol. The fourth-order valence-corrected chi connectivity index (χ4v) is 1.18. The van der Waals surface area contributed by atoms with Crippen molar-refractivity contribution in [3.8, 4) is 0 Å². The molecule has 0 radical (unpaired) electrons. The quantitative estimate of drug-likeness (QED) is 0.797. The Balaban J connectivity index is 2.43. The van der Waals surface area contributed by atoms with Gasteiger partial charge >= 0.3 is 5.97 Å². The minimum Gasteiger partial charge on any atom is -0.460 e. The van der Waals surface area contributed by atoms with Gasteiger partial charge in [-0.1, -0.05) is 28.1 Å². The van der Waals surface area contributed by atoms with Gasteiger partial charge in [0, 0.05) is 4.47 Å². The molecule has 5 heteroatoms. The van der Waals surface area contributed by atoms with Crippen molar-refractivity contribution < 1.29 is 14.6 Å². The third-order valence-electron chi connectivity index (χ3n) is 1.79. The minimum atomic E-state index is -0.958. The van der Waals surface area contributed by atoms with Crippen molar-refractivity contribution in [3.05, 3.63) is 34.3 Å². The third kappa shape index (κ3) is 3.99. The number of carbonyl (C=O) groups is 1. The molecule has 1 aromatic rings. The summed E-state index contributed by atoms with van der Waals surface area (Å²) in [5.74, 6) is -0.597. The summed E-state index contributed by atoms with van der Waals surface area (Å²) in [7, 11) is 0. The van der Waals surface area contributed by atoms with E-state index >= 15 is 0 Å². The largest absolute Gasteiger partial charge is 0.460 e. The topological polar surface area (TPSA) is 72.5 Å². The van der Waals surface area contributed by atoms with Gasteiger partial charge in [0.15, 0.2) is 0 Å². The maximum Gasteiger partial charge on any atom is 0.325 e. The Morgan fingerprint density at radius 1 is 1.47 bits per heavy atom. The molecule has 0 aromatic heterocycles. The predicted octanol–water partition coefficient (Wildman–Crippen LogP) is 0.812. The maximum absolute atomic E-state index is 11.1. The summed E-state index contributed by atoms with van der Waals surface area (Å²) in [4.78, 5) is 11.1. The number of nitrogens with two attached hydrogens (primary N) is 1. The number of halogens is 1. The van der Waals surface area contributed by atoms with Crippen LogP contribution in [0.1, 0.15) is 5.56 Å². The molecule has 0 unspecified atom stereocenters. The van der Waals surface area contributed by atoms with Gasteiger partial charge in [0.25, 0.3) is 0 Å². The van der Waals surface area contributed by atoms with Gasteiger partial charge in [-0.25, -0.2) is 0 Å². The van der Waals surface area contributed by atoms with E-state index in [0.29, 0.717) is 0 Å². The smallest absolute Gasteiger partial charge is 0.325 e. The summed E-state index contributed by atoms with van der Waals surface area (Å²) in [5.41, 5.74) is 6.14. The molecule has 1 aromatic carbocycles. The van der Waals surface area contributed by atoms with Crippen LogP contribution >= 0.6 is 15.9 Å². The first-order valence-corrected chi connectivity index (χ1v) is 5.20. The zero-order valence-electron chi connectivity index (χ0n) is 8.02. The lowest BCUT2D eigenvalue weighted by atomic mass is 10.2. The number of aliphatic hydroxyl groups is 1. The van der Waals surface area contributed by atoms with E-state index in [2.05, 4.69) is 15.9 Å². The summed E-state index contributed by atoms with van der Waals surface area (Å²) in [5, 5.41) is 8.61. The molecule has 0 spiro atoms. The van der Waals surface area contributed by atoms with E-state index in [1.165, 1.54) is 0 Å². The highest BCUT2D eigenvalue weighted by molar-refractivity contribution is 9.10. The lowest BCUT2D eigenvalue weighted by Gasteiger charge is -2.08. The Labute approximate surface area is 96.2 Å². The first kappa shape index (κ1) is 12.2. The monoisotopic (exact) mass is 273 g/mol. The molecule has 0 aliphatic rings. The van der Waals surface area contributed by atoms with Crippen LogP contribution < -0.4 is 5.73 Å². The van der Waals surface area contributed by atoms with Crippen molar-refractivity contribution in [1.29, 1.82) is 0 Å². The number of aliphatic hydroxyl groups excluding tert-OH is 1. The van der Waals surface area contributed by atoms with Crippen molar-refractivity contribution in [2.75, 3.05) is 6.61 Å². The highest BCUT2D eigenvalue weighted by Gasteiger charge is 2.13. The second-order valence-electron chi connectivity index (χ2n) is 3.02. The normalized spacial score (nSPS) is 12.2. The van der Waals surface area contributed by atoms with E-state index < -0.39 is 18.6 Å². The van der Waals surface area contributed by atoms with Gasteiger partial charge in [0.05, 0.1) is 6.61 Å². The number of hydrogen-bond donors (Lipinski definition) is 2. The van der Waals surface area contributed by atoms with E-state index in [9.17, 15) is 4.79 Å². The van der Waals surface area contributed by atoms with E-state index in [1.54, 1.807) is 0 Å². The summed E-state index contributed by atoms with van der Waals surface area (Å²) in [6, 6.07) is 6.42. The molecule has 0 heterocycles. The number of carbonyl (C=O) groups excluding carboxylic acids is 1. The molecule has 0 bridgehead atoms. The zero-order valence-corrected chi connectivity index (χ0v) is 9.61. The molecule has 0 fully saturated rings. The molecule has 82 valence electrons. The molecule has 0 aliphatic carbocycles. The Kier molecular flexibility index (Phi) is 4.74. The Bertz CT molecular complexity index is 326. The number of rotatable bonds is 4. The van der Waals surface area contributed by atoms with Gasteiger partial charge in [-0.05, 0) is 17.7 Å². The van der Waals surface area contributed by atoms with Gasteiger partial charge in [-0.3, -0.25) is 4.79 Å². The average Bonchev–Trinajstić information content (AvgIpc) is 2.26. The van der Waals surface area contributed by atoms with E-state index in [1.807, 2.05) is 24.3 Å². The van der Waals surface area contributed by atoms with Crippen LogP contribution in [0.25, 0.3) is 0 Å². The van der Waals surface area contributed by atoms with Gasteiger partial charge < -0.3 is 15.6 Å². The molecular weight excluding hydrogens is 262 g/mol. The van der Waals surface area contributed by atoms with Crippen LogP contribution in [0.2, 0.25) is 0 Å². The maximum atomic E-state index is 11.1. The van der Waals surface area contributed by atoms with Crippen LogP contribution in [0, 0.1) is 0 Å². The Morgan fingerprint density at radius 3 is 2.60 bits per heavy atom. The standard InChI is InChI=1S/C10H12BrNO3/c11-8-3-1-7(2-4-8)6-15-10(14)9(12)5-13/h1-4,9,13H,5-6,12H2/t9-/m0/s1. The highest BCUT2D eigenvalue weighted by Crippen LogP contribution is 2.11. The molecule has 0 amide bonds. The first-order chi connectivity index (χ1) is 7.13. The second kappa shape index (κ2) is 5.85. The van der Waals surface area contributed by atoms with Gasteiger partial charge in [0.2, 0.25) is 0 Å². The number of hydrogen-bond acceptors (Lipinski definition) is 4. The van der Waals surface area contributed by atoms with Crippen LogP contribution in [0.3, 0.4) is 0 Å². The second-order valence-corrected chi connectivity index (χ2v) is 3.94. The third-order valence-corrected chi connectivity index (χ3v) is 2.32. The summed E-state index contributed by atoms with van der Waals surface area (Å²) >= 11 is 3.30. The van der Waals surface area contributed by atoms with Gasteiger partial charge in [-0.15, -0.1) is 0 Å². The fraction of sp³-hybridized carbons (Fsp3) is 0.300. The Hall–Kier alpha value is -0.910. The lowest BCUT2D eigenvalue weighted by Crippen LogP contribution is -2.35. The van der Waals surface area contributed by atoms with Crippen LogP contribution in [-0.2, 0) is 16.1 Å². The van der Waals surface area contributed by atoms with Crippen LogP contribution in [0.5, 0.6) is 0 Å². The fourth-order valence-electron chi connectivity index (χ4n) is 0.917. The van der Waals surface area contributed by atoms with E-state index in [0.717, 1.165) is 10.0 Å². The lowest BCUT2D eigenvalue weighted by molar-refractivity contribution is -0.147. The molecule has 0 aliphatic heterocycles. The molecule has 3 N–H and O–H groups in total. The van der Waals surface area contributed by atoms with Crippen molar-refractivity contribution in [2.45, 2.75) is 12.6 Å². The zero-order chi connectivity index (χ0) is 11.3. The summed E-state index contributed by atoms with van der Waals surface area (Å²) < 4.78 is 5.84. The van der Waals surface area contributed by atoms with Crippen molar-refractivity contribution in [2.24, 2.45) is 5.73 Å². The first-order valence-electron chi connectivity index (χ1n) is 4.41. The summed E-state index contributed by atoms with van der Waals surface area (Å²) in [6.45, 7) is -0.237. The predicted molar refractivity (Wildman–Crippen MR) is 59.0 cm³/mol. The van der Waals surface area contributed by atoms with Gasteiger partial charge in [0.1, 0.15) is 12.6 Å². The molecular formula is C10H12BrNO3. The molecule has 0 saturated heterocycles. The summed E-state index contributed by atoms with van der Waals surface area (Å²) in [6.07, 6.45) is 0. The molecule has 4 nitrogen and oxygen atoms in total. The van der Waals surface area contributed by atoms with Crippen LogP contribution in [-0.4, -0.2) is 23.7 Å². The van der Waals surface area contributed by atoms with E-state index in [4.69, 9.17) is 15.6 Å². The molecule has 15 heavy (non-hydrogen) atoms. The highest BCUT2D eigenvalue weighted by atomic mass is 79.9. The molecule has 1 atom stereocenters. The number of ether oxygens (including phenoxy) is 1.